The quantitative estimate of drug-likeness (QED) is 0.917. The molecule has 2 aromatic rings. The predicted molar refractivity (Wildman–Crippen MR) is 66.9 cm³/mol. The summed E-state index contributed by atoms with van der Waals surface area (Å²) >= 11 is 0. The van der Waals surface area contributed by atoms with Gasteiger partial charge in [-0.15, -0.1) is 0 Å². The Bertz CT molecular complexity index is 579. The molecule has 0 aromatic heterocycles. The first-order valence-corrected chi connectivity index (χ1v) is 5.79. The van der Waals surface area contributed by atoms with Crippen molar-refractivity contribution in [2.75, 3.05) is 0 Å². The van der Waals surface area contributed by atoms with E-state index in [9.17, 15) is 18.7 Å². The van der Waals surface area contributed by atoms with E-state index >= 15 is 0 Å². The fourth-order valence-corrected chi connectivity index (χ4v) is 1.93. The van der Waals surface area contributed by atoms with E-state index in [0.717, 1.165) is 0 Å². The molecule has 2 aromatic carbocycles. The first-order valence-electron chi connectivity index (χ1n) is 5.79. The zero-order valence-corrected chi connectivity index (χ0v) is 10.0. The third-order valence-electron chi connectivity index (χ3n) is 2.90. The number of hydrogen-bond acceptors (Lipinski definition) is 1. The van der Waals surface area contributed by atoms with Crippen LogP contribution in [0, 0.1) is 11.6 Å². The molecular formula is C15H12F2O2. The molecule has 0 saturated carbocycles. The summed E-state index contributed by atoms with van der Waals surface area (Å²) in [6.45, 7) is 0. The van der Waals surface area contributed by atoms with Gasteiger partial charge in [0, 0.05) is 0 Å². The summed E-state index contributed by atoms with van der Waals surface area (Å²) in [6.07, 6.45) is 0.194. The van der Waals surface area contributed by atoms with Crippen molar-refractivity contribution in [3.05, 3.63) is 71.3 Å². The van der Waals surface area contributed by atoms with E-state index in [2.05, 4.69) is 0 Å². The van der Waals surface area contributed by atoms with Crippen LogP contribution in [0.15, 0.2) is 48.5 Å². The smallest absolute Gasteiger partial charge is 0.311 e. The normalized spacial score (nSPS) is 12.1. The molecular weight excluding hydrogens is 250 g/mol. The van der Waals surface area contributed by atoms with Gasteiger partial charge in [0.05, 0.1) is 5.92 Å². The van der Waals surface area contributed by atoms with Crippen molar-refractivity contribution >= 4 is 5.97 Å². The van der Waals surface area contributed by atoms with Crippen molar-refractivity contribution in [1.29, 1.82) is 0 Å². The fraction of sp³-hybridized carbons (Fsp3) is 0.133. The monoisotopic (exact) mass is 262 g/mol. The number of rotatable bonds is 4. The lowest BCUT2D eigenvalue weighted by molar-refractivity contribution is -0.138. The lowest BCUT2D eigenvalue weighted by Gasteiger charge is -2.13. The van der Waals surface area contributed by atoms with Crippen LogP contribution in [0.25, 0.3) is 0 Å². The van der Waals surface area contributed by atoms with Crippen LogP contribution in [0.3, 0.4) is 0 Å². The standard InChI is InChI=1S/C15H12F2O2/c16-12-6-4-10(5-7-12)8-14(15(18)19)11-2-1-3-13(17)9-11/h1-7,9,14H,8H2,(H,18,19). The molecule has 0 amide bonds. The molecule has 0 aliphatic rings. The van der Waals surface area contributed by atoms with E-state index < -0.39 is 17.7 Å². The average Bonchev–Trinajstić information content (AvgIpc) is 2.37. The lowest BCUT2D eigenvalue weighted by Crippen LogP contribution is -2.14. The third-order valence-corrected chi connectivity index (χ3v) is 2.90. The maximum Gasteiger partial charge on any atom is 0.311 e. The molecule has 2 rings (SSSR count). The van der Waals surface area contributed by atoms with Gasteiger partial charge in [-0.05, 0) is 41.8 Å². The molecule has 2 nitrogen and oxygen atoms in total. The highest BCUT2D eigenvalue weighted by molar-refractivity contribution is 5.76. The molecule has 1 atom stereocenters. The largest absolute Gasteiger partial charge is 0.481 e. The Hall–Kier alpha value is -2.23. The maximum atomic E-state index is 13.1. The summed E-state index contributed by atoms with van der Waals surface area (Å²) < 4.78 is 25.9. The van der Waals surface area contributed by atoms with Gasteiger partial charge >= 0.3 is 5.97 Å². The van der Waals surface area contributed by atoms with Crippen LogP contribution in [-0.2, 0) is 11.2 Å². The number of carbonyl (C=O) groups is 1. The summed E-state index contributed by atoms with van der Waals surface area (Å²) in [6, 6.07) is 11.1. The molecule has 0 fully saturated rings. The molecule has 0 heterocycles. The van der Waals surface area contributed by atoms with Crippen molar-refractivity contribution in [3.8, 4) is 0 Å². The van der Waals surface area contributed by atoms with E-state index in [1.165, 1.54) is 42.5 Å². The van der Waals surface area contributed by atoms with Crippen molar-refractivity contribution in [2.24, 2.45) is 0 Å². The fourth-order valence-electron chi connectivity index (χ4n) is 1.93. The van der Waals surface area contributed by atoms with Gasteiger partial charge in [-0.25, -0.2) is 8.78 Å². The van der Waals surface area contributed by atoms with Crippen molar-refractivity contribution in [1.82, 2.24) is 0 Å². The van der Waals surface area contributed by atoms with Gasteiger partial charge in [-0.2, -0.15) is 0 Å². The van der Waals surface area contributed by atoms with Gasteiger partial charge in [0.25, 0.3) is 0 Å². The third kappa shape index (κ3) is 3.37. The highest BCUT2D eigenvalue weighted by Crippen LogP contribution is 2.22. The minimum Gasteiger partial charge on any atom is -0.481 e. The Morgan fingerprint density at radius 3 is 2.32 bits per heavy atom. The highest BCUT2D eigenvalue weighted by atomic mass is 19.1. The second-order valence-electron chi connectivity index (χ2n) is 4.28. The van der Waals surface area contributed by atoms with Crippen LogP contribution < -0.4 is 0 Å². The topological polar surface area (TPSA) is 37.3 Å². The molecule has 19 heavy (non-hydrogen) atoms. The molecule has 4 heteroatoms. The van der Waals surface area contributed by atoms with Gasteiger partial charge in [0.15, 0.2) is 0 Å². The van der Waals surface area contributed by atoms with Gasteiger partial charge in [0.1, 0.15) is 11.6 Å². The Morgan fingerprint density at radius 1 is 1.05 bits per heavy atom. The van der Waals surface area contributed by atoms with Crippen LogP contribution in [-0.4, -0.2) is 11.1 Å². The molecule has 0 aliphatic carbocycles. The summed E-state index contributed by atoms with van der Waals surface area (Å²) in [5.74, 6) is -2.72. The zero-order chi connectivity index (χ0) is 13.8. The van der Waals surface area contributed by atoms with Gasteiger partial charge < -0.3 is 5.11 Å². The van der Waals surface area contributed by atoms with Gasteiger partial charge in [-0.3, -0.25) is 4.79 Å². The second-order valence-corrected chi connectivity index (χ2v) is 4.28. The Kier molecular flexibility index (Phi) is 3.90. The molecule has 1 unspecified atom stereocenters. The van der Waals surface area contributed by atoms with Crippen LogP contribution in [0.5, 0.6) is 0 Å². The lowest BCUT2D eigenvalue weighted by atomic mass is 9.92. The summed E-state index contributed by atoms with van der Waals surface area (Å²) in [7, 11) is 0. The number of carboxylic acid groups (broad SMARTS) is 1. The van der Waals surface area contributed by atoms with Crippen molar-refractivity contribution in [3.63, 3.8) is 0 Å². The molecule has 1 N–H and O–H groups in total. The van der Waals surface area contributed by atoms with E-state index in [1.54, 1.807) is 6.07 Å². The van der Waals surface area contributed by atoms with Gasteiger partial charge in [0.2, 0.25) is 0 Å². The maximum absolute atomic E-state index is 13.1. The zero-order valence-electron chi connectivity index (χ0n) is 10.0. The number of carboxylic acids is 1. The summed E-state index contributed by atoms with van der Waals surface area (Å²) in [5, 5.41) is 9.24. The number of halogens is 2. The second kappa shape index (κ2) is 5.61. The first kappa shape index (κ1) is 13.2. The Morgan fingerprint density at radius 2 is 1.74 bits per heavy atom. The van der Waals surface area contributed by atoms with E-state index in [4.69, 9.17) is 0 Å². The minimum atomic E-state index is -1.03. The minimum absolute atomic E-state index is 0.194. The van der Waals surface area contributed by atoms with Crippen LogP contribution in [0.2, 0.25) is 0 Å². The summed E-state index contributed by atoms with van der Waals surface area (Å²) in [4.78, 5) is 11.3. The highest BCUT2D eigenvalue weighted by Gasteiger charge is 2.20. The molecule has 0 bridgehead atoms. The average molecular weight is 262 g/mol. The first-order chi connectivity index (χ1) is 9.06. The molecule has 0 radical (unpaired) electrons. The molecule has 0 saturated heterocycles. The van der Waals surface area contributed by atoms with Crippen LogP contribution >= 0.6 is 0 Å². The molecule has 0 aliphatic heterocycles. The SMILES string of the molecule is O=C(O)C(Cc1ccc(F)cc1)c1cccc(F)c1. The molecule has 98 valence electrons. The van der Waals surface area contributed by atoms with Crippen molar-refractivity contribution < 1.29 is 18.7 Å². The van der Waals surface area contributed by atoms with Gasteiger partial charge in [-0.1, -0.05) is 24.3 Å². The Balaban J connectivity index is 2.26. The van der Waals surface area contributed by atoms with Crippen molar-refractivity contribution in [2.45, 2.75) is 12.3 Å². The number of aliphatic carboxylic acids is 1. The summed E-state index contributed by atoms with van der Waals surface area (Å²) in [5.41, 5.74) is 1.09. The van der Waals surface area contributed by atoms with E-state index in [0.29, 0.717) is 11.1 Å². The molecule has 0 spiro atoms. The number of hydrogen-bond donors (Lipinski definition) is 1. The predicted octanol–water partition coefficient (Wildman–Crippen LogP) is 3.38. The van der Waals surface area contributed by atoms with E-state index in [-0.39, 0.29) is 12.2 Å². The van der Waals surface area contributed by atoms with E-state index in [1.807, 2.05) is 0 Å². The van der Waals surface area contributed by atoms with Crippen LogP contribution in [0.4, 0.5) is 8.78 Å². The Labute approximate surface area is 109 Å². The number of benzene rings is 2. The van der Waals surface area contributed by atoms with Crippen LogP contribution in [0.1, 0.15) is 17.0 Å².